The van der Waals surface area contributed by atoms with Crippen LogP contribution in [0, 0.1) is 0 Å². The van der Waals surface area contributed by atoms with Crippen LogP contribution in [0.3, 0.4) is 0 Å². The van der Waals surface area contributed by atoms with Crippen LogP contribution in [0.15, 0.2) is 36.4 Å². The molecule has 80 valence electrons. The van der Waals surface area contributed by atoms with Crippen LogP contribution in [-0.2, 0) is 9.53 Å². The van der Waals surface area contributed by atoms with Crippen molar-refractivity contribution < 1.29 is 14.6 Å². The van der Waals surface area contributed by atoms with Crippen molar-refractivity contribution in [3.63, 3.8) is 0 Å². The number of benzene rings is 1. The van der Waals surface area contributed by atoms with Crippen molar-refractivity contribution in [2.75, 3.05) is 19.0 Å². The number of para-hydroxylation sites is 2. The van der Waals surface area contributed by atoms with Gasteiger partial charge in [-0.15, -0.1) is 0 Å². The van der Waals surface area contributed by atoms with E-state index in [1.165, 1.54) is 13.2 Å². The predicted octanol–water partition coefficient (Wildman–Crippen LogP) is 1.53. The summed E-state index contributed by atoms with van der Waals surface area (Å²) in [5.41, 5.74) is 0.631. The quantitative estimate of drug-likeness (QED) is 0.446. The fourth-order valence-electron chi connectivity index (χ4n) is 1.02. The fraction of sp³-hybridized carbons (Fsp3) is 0.182. The van der Waals surface area contributed by atoms with Crippen LogP contribution in [0.5, 0.6) is 5.75 Å². The van der Waals surface area contributed by atoms with E-state index in [2.05, 4.69) is 10.1 Å². The Morgan fingerprint density at radius 3 is 2.93 bits per heavy atom. The second-order valence-electron chi connectivity index (χ2n) is 2.82. The number of hydrogen-bond acceptors (Lipinski definition) is 4. The number of methoxy groups -OCH3 is 1. The Labute approximate surface area is 88.2 Å². The van der Waals surface area contributed by atoms with Crippen LogP contribution >= 0.6 is 0 Å². The van der Waals surface area contributed by atoms with Gasteiger partial charge in [-0.2, -0.15) is 0 Å². The summed E-state index contributed by atoms with van der Waals surface area (Å²) < 4.78 is 4.42. The van der Waals surface area contributed by atoms with Crippen LogP contribution in [0.1, 0.15) is 0 Å². The second kappa shape index (κ2) is 5.70. The second-order valence-corrected chi connectivity index (χ2v) is 2.82. The highest BCUT2D eigenvalue weighted by Crippen LogP contribution is 2.20. The third-order valence-corrected chi connectivity index (χ3v) is 1.77. The van der Waals surface area contributed by atoms with Gasteiger partial charge in [0.2, 0.25) is 0 Å². The molecule has 4 heteroatoms. The molecule has 4 nitrogen and oxygen atoms in total. The molecule has 0 saturated heterocycles. The summed E-state index contributed by atoms with van der Waals surface area (Å²) in [4.78, 5) is 10.7. The van der Waals surface area contributed by atoms with Gasteiger partial charge in [-0.25, -0.2) is 4.79 Å². The number of hydrogen-bond donors (Lipinski definition) is 2. The van der Waals surface area contributed by atoms with Crippen molar-refractivity contribution in [3.05, 3.63) is 36.4 Å². The maximum Gasteiger partial charge on any atom is 0.330 e. The minimum absolute atomic E-state index is 0.184. The first-order chi connectivity index (χ1) is 7.24. The standard InChI is InChI=1S/C11H13NO3/c1-15-11(14)7-4-8-12-9-5-2-3-6-10(9)13/h2-7,12-13H,8H2,1H3/b7-4+. The van der Waals surface area contributed by atoms with Gasteiger partial charge < -0.3 is 15.2 Å². The third kappa shape index (κ3) is 3.72. The molecule has 0 atom stereocenters. The normalized spacial score (nSPS) is 10.2. The molecule has 0 radical (unpaired) electrons. The molecule has 0 saturated carbocycles. The van der Waals surface area contributed by atoms with Crippen molar-refractivity contribution >= 4 is 11.7 Å². The summed E-state index contributed by atoms with van der Waals surface area (Å²) >= 11 is 0. The number of nitrogens with one attached hydrogen (secondary N) is 1. The lowest BCUT2D eigenvalue weighted by Gasteiger charge is -2.04. The van der Waals surface area contributed by atoms with Gasteiger partial charge >= 0.3 is 5.97 Å². The van der Waals surface area contributed by atoms with E-state index in [-0.39, 0.29) is 5.75 Å². The number of esters is 1. The van der Waals surface area contributed by atoms with Crippen molar-refractivity contribution in [2.45, 2.75) is 0 Å². The van der Waals surface area contributed by atoms with Gasteiger partial charge in [-0.1, -0.05) is 18.2 Å². The topological polar surface area (TPSA) is 58.6 Å². The molecule has 0 heterocycles. The van der Waals surface area contributed by atoms with E-state index in [1.807, 2.05) is 6.07 Å². The molecule has 0 fully saturated rings. The maximum atomic E-state index is 10.7. The first-order valence-electron chi connectivity index (χ1n) is 4.50. The third-order valence-electron chi connectivity index (χ3n) is 1.77. The first-order valence-corrected chi connectivity index (χ1v) is 4.50. The van der Waals surface area contributed by atoms with Gasteiger partial charge in [0.1, 0.15) is 5.75 Å². The molecule has 0 amide bonds. The number of carbonyl (C=O) groups is 1. The molecule has 0 bridgehead atoms. The van der Waals surface area contributed by atoms with E-state index >= 15 is 0 Å². The van der Waals surface area contributed by atoms with Crippen molar-refractivity contribution in [2.24, 2.45) is 0 Å². The van der Waals surface area contributed by atoms with E-state index in [0.29, 0.717) is 12.2 Å². The summed E-state index contributed by atoms with van der Waals surface area (Å²) in [6, 6.07) is 6.89. The largest absolute Gasteiger partial charge is 0.506 e. The van der Waals surface area contributed by atoms with E-state index in [4.69, 9.17) is 0 Å². The number of phenolic OH excluding ortho intramolecular Hbond substituents is 1. The number of aromatic hydroxyl groups is 1. The van der Waals surface area contributed by atoms with Crippen LogP contribution < -0.4 is 5.32 Å². The van der Waals surface area contributed by atoms with Gasteiger partial charge in [-0.05, 0) is 12.1 Å². The van der Waals surface area contributed by atoms with E-state index < -0.39 is 5.97 Å². The van der Waals surface area contributed by atoms with Crippen molar-refractivity contribution in [3.8, 4) is 5.75 Å². The highest BCUT2D eigenvalue weighted by atomic mass is 16.5. The van der Waals surface area contributed by atoms with Gasteiger partial charge in [0, 0.05) is 12.6 Å². The molecule has 0 aliphatic heterocycles. The molecular weight excluding hydrogens is 194 g/mol. The van der Waals surface area contributed by atoms with Crippen LogP contribution in [0.25, 0.3) is 0 Å². The Morgan fingerprint density at radius 1 is 1.53 bits per heavy atom. The molecule has 0 aliphatic carbocycles. The van der Waals surface area contributed by atoms with E-state index in [1.54, 1.807) is 24.3 Å². The van der Waals surface area contributed by atoms with Gasteiger partial charge in [0.05, 0.1) is 12.8 Å². The summed E-state index contributed by atoms with van der Waals surface area (Å²) in [5, 5.41) is 12.3. The fourth-order valence-corrected chi connectivity index (χ4v) is 1.02. The molecule has 1 aromatic carbocycles. The summed E-state index contributed by atoms with van der Waals surface area (Å²) in [6.07, 6.45) is 2.95. The molecule has 0 aliphatic rings. The first kappa shape index (κ1) is 11.1. The van der Waals surface area contributed by atoms with E-state index in [0.717, 1.165) is 0 Å². The number of rotatable bonds is 4. The average molecular weight is 207 g/mol. The smallest absolute Gasteiger partial charge is 0.330 e. The number of phenols is 1. The molecule has 0 spiro atoms. The Kier molecular flexibility index (Phi) is 4.22. The number of carbonyl (C=O) groups excluding carboxylic acids is 1. The van der Waals surface area contributed by atoms with Crippen LogP contribution in [0.2, 0.25) is 0 Å². The molecule has 15 heavy (non-hydrogen) atoms. The molecule has 2 N–H and O–H groups in total. The molecule has 0 unspecified atom stereocenters. The monoisotopic (exact) mass is 207 g/mol. The lowest BCUT2D eigenvalue weighted by Crippen LogP contribution is -2.00. The number of anilines is 1. The highest BCUT2D eigenvalue weighted by Gasteiger charge is 1.96. The Balaban J connectivity index is 2.41. The van der Waals surface area contributed by atoms with E-state index in [9.17, 15) is 9.90 Å². The molecular formula is C11H13NO3. The average Bonchev–Trinajstić information content (AvgIpc) is 2.26. The summed E-state index contributed by atoms with van der Waals surface area (Å²) in [5.74, 6) is -0.210. The highest BCUT2D eigenvalue weighted by molar-refractivity contribution is 5.81. The lowest BCUT2D eigenvalue weighted by atomic mass is 10.3. The molecule has 1 rings (SSSR count). The van der Waals surface area contributed by atoms with Gasteiger partial charge in [0.15, 0.2) is 0 Å². The van der Waals surface area contributed by atoms with Crippen LogP contribution in [-0.4, -0.2) is 24.7 Å². The minimum Gasteiger partial charge on any atom is -0.506 e. The minimum atomic E-state index is -0.394. The van der Waals surface area contributed by atoms with Crippen molar-refractivity contribution in [1.29, 1.82) is 0 Å². The Bertz CT molecular complexity index is 361. The summed E-state index contributed by atoms with van der Waals surface area (Å²) in [7, 11) is 1.32. The van der Waals surface area contributed by atoms with Gasteiger partial charge in [-0.3, -0.25) is 0 Å². The summed E-state index contributed by atoms with van der Waals surface area (Å²) in [6.45, 7) is 0.451. The SMILES string of the molecule is COC(=O)/C=C/CNc1ccccc1O. The van der Waals surface area contributed by atoms with Gasteiger partial charge in [0.25, 0.3) is 0 Å². The maximum absolute atomic E-state index is 10.7. The Morgan fingerprint density at radius 2 is 2.27 bits per heavy atom. The Hall–Kier alpha value is -1.97. The zero-order valence-corrected chi connectivity index (χ0v) is 8.43. The van der Waals surface area contributed by atoms with Crippen LogP contribution in [0.4, 0.5) is 5.69 Å². The zero-order chi connectivity index (χ0) is 11.1. The van der Waals surface area contributed by atoms with Crippen molar-refractivity contribution in [1.82, 2.24) is 0 Å². The zero-order valence-electron chi connectivity index (χ0n) is 8.43. The molecule has 0 aromatic heterocycles. The molecule has 1 aromatic rings. The lowest BCUT2D eigenvalue weighted by molar-refractivity contribution is -0.134. The number of ether oxygens (including phenoxy) is 1. The predicted molar refractivity (Wildman–Crippen MR) is 57.8 cm³/mol.